The molecular formula is C13H12F3N. The molecule has 1 heterocycles. The monoisotopic (exact) mass is 239 g/mol. The lowest BCUT2D eigenvalue weighted by Gasteiger charge is -2.23. The summed E-state index contributed by atoms with van der Waals surface area (Å²) >= 11 is 0. The van der Waals surface area contributed by atoms with Crippen molar-refractivity contribution >= 4 is 5.70 Å². The molecule has 0 fully saturated rings. The summed E-state index contributed by atoms with van der Waals surface area (Å²) in [5.41, 5.74) is 1.63. The first-order valence-electron chi connectivity index (χ1n) is 5.30. The highest BCUT2D eigenvalue weighted by molar-refractivity contribution is 5.66. The molecule has 1 atom stereocenters. The van der Waals surface area contributed by atoms with Crippen molar-refractivity contribution in [3.05, 3.63) is 53.5 Å². The minimum Gasteiger partial charge on any atom is -0.359 e. The lowest BCUT2D eigenvalue weighted by molar-refractivity contribution is 0.446. The first kappa shape index (κ1) is 11.8. The molecule has 4 heteroatoms. The van der Waals surface area contributed by atoms with Crippen LogP contribution in [0, 0.1) is 23.4 Å². The summed E-state index contributed by atoms with van der Waals surface area (Å²) in [7, 11) is 0. The van der Waals surface area contributed by atoms with E-state index in [0.29, 0.717) is 5.70 Å². The molecule has 1 N–H and O–H groups in total. The highest BCUT2D eigenvalue weighted by atomic mass is 19.2. The van der Waals surface area contributed by atoms with Crippen LogP contribution >= 0.6 is 0 Å². The van der Waals surface area contributed by atoms with E-state index in [2.05, 4.69) is 11.9 Å². The minimum absolute atomic E-state index is 0.272. The third-order valence-electron chi connectivity index (χ3n) is 2.86. The summed E-state index contributed by atoms with van der Waals surface area (Å²) in [5.74, 6) is -3.55. The number of allylic oxidation sites excluding steroid dienone is 2. The third kappa shape index (κ3) is 2.20. The predicted octanol–water partition coefficient (Wildman–Crippen LogP) is 3.59. The molecular weight excluding hydrogens is 227 g/mol. The van der Waals surface area contributed by atoms with Gasteiger partial charge in [0.15, 0.2) is 17.5 Å². The van der Waals surface area contributed by atoms with Gasteiger partial charge in [-0.05, 0) is 24.5 Å². The van der Waals surface area contributed by atoms with E-state index in [4.69, 9.17) is 0 Å². The van der Waals surface area contributed by atoms with Gasteiger partial charge in [0.2, 0.25) is 0 Å². The first-order valence-corrected chi connectivity index (χ1v) is 5.30. The van der Waals surface area contributed by atoms with Gasteiger partial charge in [-0.3, -0.25) is 0 Å². The van der Waals surface area contributed by atoms with Gasteiger partial charge in [-0.15, -0.1) is 0 Å². The fraction of sp³-hybridized carbons (Fsp3) is 0.231. The molecule has 0 amide bonds. The van der Waals surface area contributed by atoms with Gasteiger partial charge in [0.05, 0.1) is 0 Å². The van der Waals surface area contributed by atoms with E-state index < -0.39 is 17.5 Å². The zero-order valence-electron chi connectivity index (χ0n) is 9.36. The largest absolute Gasteiger partial charge is 0.359 e. The standard InChI is InChI=1S/C13H12F3N/c1-7-3-4-12(17-8(7)2)9-5-10(14)13(16)11(15)6-9/h4-7,17H,2-3H2,1H3. The molecule has 0 bridgehead atoms. The van der Waals surface area contributed by atoms with Gasteiger partial charge < -0.3 is 5.32 Å². The zero-order valence-corrected chi connectivity index (χ0v) is 9.36. The first-order chi connectivity index (χ1) is 7.99. The van der Waals surface area contributed by atoms with E-state index in [1.54, 1.807) is 0 Å². The highest BCUT2D eigenvalue weighted by Crippen LogP contribution is 2.26. The van der Waals surface area contributed by atoms with Crippen molar-refractivity contribution in [2.45, 2.75) is 13.3 Å². The Morgan fingerprint density at radius 1 is 1.24 bits per heavy atom. The summed E-state index contributed by atoms with van der Waals surface area (Å²) in [4.78, 5) is 0. The Kier molecular flexibility index (Phi) is 2.96. The van der Waals surface area contributed by atoms with Crippen LogP contribution in [0.1, 0.15) is 18.9 Å². The fourth-order valence-corrected chi connectivity index (χ4v) is 1.69. The van der Waals surface area contributed by atoms with Crippen molar-refractivity contribution in [3.63, 3.8) is 0 Å². The summed E-state index contributed by atoms with van der Waals surface area (Å²) in [5, 5.41) is 2.97. The molecule has 90 valence electrons. The van der Waals surface area contributed by atoms with Gasteiger partial charge in [0.25, 0.3) is 0 Å². The van der Waals surface area contributed by atoms with Crippen molar-refractivity contribution in [3.8, 4) is 0 Å². The van der Waals surface area contributed by atoms with Gasteiger partial charge in [-0.1, -0.05) is 19.6 Å². The summed E-state index contributed by atoms with van der Waals surface area (Å²) in [6.07, 6.45) is 2.56. The Balaban J connectivity index is 2.39. The normalized spacial score (nSPS) is 19.9. The Bertz CT molecular complexity index is 482. The van der Waals surface area contributed by atoms with Gasteiger partial charge in [-0.25, -0.2) is 13.2 Å². The molecule has 0 saturated carbocycles. The second-order valence-corrected chi connectivity index (χ2v) is 4.16. The summed E-state index contributed by atoms with van der Waals surface area (Å²) < 4.78 is 39.0. The molecule has 1 aliphatic rings. The van der Waals surface area contributed by atoms with Crippen LogP contribution < -0.4 is 5.32 Å². The molecule has 1 unspecified atom stereocenters. The maximum atomic E-state index is 13.1. The van der Waals surface area contributed by atoms with Crippen LogP contribution in [0.5, 0.6) is 0 Å². The zero-order chi connectivity index (χ0) is 12.6. The van der Waals surface area contributed by atoms with Crippen molar-refractivity contribution in [2.75, 3.05) is 0 Å². The van der Waals surface area contributed by atoms with Crippen LogP contribution in [0.15, 0.2) is 30.5 Å². The van der Waals surface area contributed by atoms with E-state index in [0.717, 1.165) is 24.3 Å². The number of hydrogen-bond acceptors (Lipinski definition) is 1. The number of halogens is 3. The molecule has 0 aliphatic carbocycles. The highest BCUT2D eigenvalue weighted by Gasteiger charge is 2.17. The Morgan fingerprint density at radius 3 is 2.35 bits per heavy atom. The van der Waals surface area contributed by atoms with Crippen molar-refractivity contribution < 1.29 is 13.2 Å². The Labute approximate surface area is 97.6 Å². The minimum atomic E-state index is -1.45. The van der Waals surface area contributed by atoms with Crippen LogP contribution in [0.25, 0.3) is 5.70 Å². The van der Waals surface area contributed by atoms with Crippen LogP contribution in [0.2, 0.25) is 0 Å². The molecule has 0 saturated heterocycles. The fourth-order valence-electron chi connectivity index (χ4n) is 1.69. The molecule has 2 rings (SSSR count). The summed E-state index contributed by atoms with van der Waals surface area (Å²) in [6, 6.07) is 1.95. The second-order valence-electron chi connectivity index (χ2n) is 4.16. The third-order valence-corrected chi connectivity index (χ3v) is 2.86. The Morgan fingerprint density at radius 2 is 1.82 bits per heavy atom. The lowest BCUT2D eigenvalue weighted by Crippen LogP contribution is -2.21. The smallest absolute Gasteiger partial charge is 0.194 e. The van der Waals surface area contributed by atoms with E-state index in [-0.39, 0.29) is 11.5 Å². The number of nitrogens with one attached hydrogen (secondary N) is 1. The molecule has 17 heavy (non-hydrogen) atoms. The average Bonchev–Trinajstić information content (AvgIpc) is 2.29. The second kappa shape index (κ2) is 4.28. The van der Waals surface area contributed by atoms with Crippen molar-refractivity contribution in [1.82, 2.24) is 5.32 Å². The van der Waals surface area contributed by atoms with Gasteiger partial charge in [0.1, 0.15) is 0 Å². The maximum absolute atomic E-state index is 13.1. The average molecular weight is 239 g/mol. The predicted molar refractivity (Wildman–Crippen MR) is 60.3 cm³/mol. The van der Waals surface area contributed by atoms with Gasteiger partial charge in [0, 0.05) is 17.0 Å². The molecule has 0 radical (unpaired) electrons. The molecule has 1 nitrogen and oxygen atoms in total. The number of benzene rings is 1. The SMILES string of the molecule is C=C1NC(c2cc(F)c(F)c(F)c2)=CCC1C. The van der Waals surface area contributed by atoms with E-state index in [1.807, 2.05) is 13.0 Å². The molecule has 0 spiro atoms. The van der Waals surface area contributed by atoms with Crippen molar-refractivity contribution in [1.29, 1.82) is 0 Å². The van der Waals surface area contributed by atoms with E-state index >= 15 is 0 Å². The number of rotatable bonds is 1. The number of hydrogen-bond donors (Lipinski definition) is 1. The molecule has 1 aromatic rings. The van der Waals surface area contributed by atoms with Gasteiger partial charge >= 0.3 is 0 Å². The van der Waals surface area contributed by atoms with Crippen LogP contribution in [-0.2, 0) is 0 Å². The molecule has 1 aromatic carbocycles. The summed E-state index contributed by atoms with van der Waals surface area (Å²) in [6.45, 7) is 5.81. The Hall–Kier alpha value is -1.71. The lowest BCUT2D eigenvalue weighted by atomic mass is 9.97. The topological polar surface area (TPSA) is 12.0 Å². The quantitative estimate of drug-likeness (QED) is 0.738. The van der Waals surface area contributed by atoms with Crippen molar-refractivity contribution in [2.24, 2.45) is 5.92 Å². The maximum Gasteiger partial charge on any atom is 0.194 e. The van der Waals surface area contributed by atoms with Crippen LogP contribution in [-0.4, -0.2) is 0 Å². The van der Waals surface area contributed by atoms with E-state index in [1.165, 1.54) is 0 Å². The molecule has 1 aliphatic heterocycles. The molecule has 0 aromatic heterocycles. The van der Waals surface area contributed by atoms with Crippen LogP contribution in [0.3, 0.4) is 0 Å². The van der Waals surface area contributed by atoms with E-state index in [9.17, 15) is 13.2 Å². The van der Waals surface area contributed by atoms with Gasteiger partial charge in [-0.2, -0.15) is 0 Å². The van der Waals surface area contributed by atoms with Crippen LogP contribution in [0.4, 0.5) is 13.2 Å².